The number of carbonyl (C=O) groups is 4. The highest BCUT2D eigenvalue weighted by Gasteiger charge is 2.55. The number of anilines is 1. The summed E-state index contributed by atoms with van der Waals surface area (Å²) in [4.78, 5) is 50.6. The van der Waals surface area contributed by atoms with Gasteiger partial charge in [0.25, 0.3) is 11.8 Å². The topological polar surface area (TPSA) is 114 Å². The molecule has 12 heteroatoms. The van der Waals surface area contributed by atoms with Crippen molar-refractivity contribution in [3.05, 3.63) is 24.3 Å². The highest BCUT2D eigenvalue weighted by Crippen LogP contribution is 2.38. The minimum absolute atomic E-state index is 0.0682. The molecule has 3 rings (SSSR count). The quantitative estimate of drug-likeness (QED) is 0.487. The van der Waals surface area contributed by atoms with Crippen LogP contribution in [0.25, 0.3) is 0 Å². The van der Waals surface area contributed by atoms with Crippen LogP contribution in [0, 0.1) is 5.92 Å². The predicted molar refractivity (Wildman–Crippen MR) is 108 cm³/mol. The van der Waals surface area contributed by atoms with Gasteiger partial charge in [0.1, 0.15) is 17.8 Å². The van der Waals surface area contributed by atoms with E-state index in [1.54, 1.807) is 0 Å². The summed E-state index contributed by atoms with van der Waals surface area (Å²) in [5.74, 6) is -2.70. The number of amides is 4. The van der Waals surface area contributed by atoms with Crippen LogP contribution >= 0.6 is 0 Å². The summed E-state index contributed by atoms with van der Waals surface area (Å²) < 4.78 is 45.4. The Morgan fingerprint density at radius 2 is 1.91 bits per heavy atom. The van der Waals surface area contributed by atoms with Crippen molar-refractivity contribution in [3.8, 4) is 5.75 Å². The minimum atomic E-state index is -4.84. The van der Waals surface area contributed by atoms with Crippen LogP contribution in [-0.4, -0.2) is 53.3 Å². The third-order valence-electron chi connectivity index (χ3n) is 5.82. The maximum absolute atomic E-state index is 12.9. The Labute approximate surface area is 187 Å². The van der Waals surface area contributed by atoms with E-state index in [1.165, 1.54) is 19.1 Å². The van der Waals surface area contributed by atoms with Crippen LogP contribution in [0.3, 0.4) is 0 Å². The Morgan fingerprint density at radius 3 is 2.52 bits per heavy atom. The molecule has 1 aromatic rings. The molecule has 4 amide bonds. The van der Waals surface area contributed by atoms with E-state index < -0.39 is 54.1 Å². The van der Waals surface area contributed by atoms with E-state index in [4.69, 9.17) is 4.74 Å². The van der Waals surface area contributed by atoms with Crippen LogP contribution in [-0.2, 0) is 19.1 Å². The number of nitrogens with one attached hydrogen (secondary N) is 2. The number of esters is 1. The van der Waals surface area contributed by atoms with Gasteiger partial charge >= 0.3 is 18.4 Å². The molecule has 0 radical (unpaired) electrons. The lowest BCUT2D eigenvalue weighted by molar-refractivity contribution is -0.274. The van der Waals surface area contributed by atoms with Gasteiger partial charge in [-0.3, -0.25) is 19.3 Å². The Hall–Kier alpha value is -3.31. The molecule has 1 aliphatic carbocycles. The van der Waals surface area contributed by atoms with E-state index >= 15 is 0 Å². The molecule has 1 spiro atoms. The Bertz CT molecular complexity index is 936. The van der Waals surface area contributed by atoms with Crippen LogP contribution in [0.2, 0.25) is 0 Å². The first kappa shape index (κ1) is 24.3. The van der Waals surface area contributed by atoms with Crippen molar-refractivity contribution in [3.63, 3.8) is 0 Å². The molecule has 1 heterocycles. The average Bonchev–Trinajstić information content (AvgIpc) is 2.95. The lowest BCUT2D eigenvalue weighted by atomic mass is 9.73. The number of halogens is 3. The van der Waals surface area contributed by atoms with E-state index in [2.05, 4.69) is 15.4 Å². The van der Waals surface area contributed by atoms with Crippen LogP contribution in [0.15, 0.2) is 24.3 Å². The fourth-order valence-electron chi connectivity index (χ4n) is 4.04. The summed E-state index contributed by atoms with van der Waals surface area (Å²) >= 11 is 0. The van der Waals surface area contributed by atoms with Crippen molar-refractivity contribution in [1.29, 1.82) is 0 Å². The largest absolute Gasteiger partial charge is 0.573 e. The Balaban J connectivity index is 1.53. The summed E-state index contributed by atoms with van der Waals surface area (Å²) in [7, 11) is 0. The van der Waals surface area contributed by atoms with Crippen LogP contribution in [0.4, 0.5) is 23.7 Å². The molecule has 2 N–H and O–H groups in total. The molecule has 3 unspecified atom stereocenters. The molecule has 1 saturated carbocycles. The summed E-state index contributed by atoms with van der Waals surface area (Å²) in [6.45, 7) is 2.53. The lowest BCUT2D eigenvalue weighted by Crippen LogP contribution is -2.54. The molecule has 2 aliphatic rings. The van der Waals surface area contributed by atoms with E-state index in [0.29, 0.717) is 6.42 Å². The third-order valence-corrected chi connectivity index (χ3v) is 5.82. The summed E-state index contributed by atoms with van der Waals surface area (Å²) in [5.41, 5.74) is -0.861. The van der Waals surface area contributed by atoms with Crippen LogP contribution < -0.4 is 15.4 Å². The highest BCUT2D eigenvalue weighted by atomic mass is 19.4. The second-order valence-corrected chi connectivity index (χ2v) is 8.13. The smallest absolute Gasteiger partial charge is 0.451 e. The molecule has 3 atom stereocenters. The van der Waals surface area contributed by atoms with Gasteiger partial charge in [0.15, 0.2) is 6.10 Å². The molecular formula is C21H24F3N3O6. The summed E-state index contributed by atoms with van der Waals surface area (Å²) in [6.07, 6.45) is -3.10. The number of benzene rings is 1. The molecule has 180 valence electrons. The van der Waals surface area contributed by atoms with Crippen molar-refractivity contribution in [2.45, 2.75) is 57.5 Å². The highest BCUT2D eigenvalue weighted by molar-refractivity contribution is 6.09. The standard InChI is InChI=1S/C21H24F3N3O6/c1-12-5-3-4-10-20(12)18(30)27(19(31)26-20)11-16(28)32-13(2)17(29)25-14-6-8-15(9-7-14)33-21(22,23)24/h6-9,12-13H,3-5,10-11H2,1-2H3,(H,25,29)(H,26,31). The fourth-order valence-corrected chi connectivity index (χ4v) is 4.04. The SMILES string of the molecule is CC(OC(=O)CN1C(=O)NC2(CCCCC2C)C1=O)C(=O)Nc1ccc(OC(F)(F)F)cc1. The van der Waals surface area contributed by atoms with E-state index in [1.807, 2.05) is 6.92 Å². The van der Waals surface area contributed by atoms with E-state index in [-0.39, 0.29) is 11.6 Å². The van der Waals surface area contributed by atoms with Gasteiger partial charge in [0.05, 0.1) is 0 Å². The van der Waals surface area contributed by atoms with Crippen LogP contribution in [0.5, 0.6) is 5.75 Å². The molecule has 1 saturated heterocycles. The molecule has 1 aliphatic heterocycles. The molecule has 0 bridgehead atoms. The van der Waals surface area contributed by atoms with Gasteiger partial charge in [0, 0.05) is 5.69 Å². The van der Waals surface area contributed by atoms with E-state index in [0.717, 1.165) is 36.3 Å². The number of rotatable bonds is 6. The molecule has 1 aromatic carbocycles. The molecular weight excluding hydrogens is 447 g/mol. The summed E-state index contributed by atoms with van der Waals surface area (Å²) in [6, 6.07) is 3.72. The van der Waals surface area contributed by atoms with Crippen molar-refractivity contribution >= 4 is 29.5 Å². The predicted octanol–water partition coefficient (Wildman–Crippen LogP) is 2.96. The number of imide groups is 1. The normalized spacial score (nSPS) is 23.8. The van der Waals surface area contributed by atoms with Gasteiger partial charge in [-0.25, -0.2) is 4.79 Å². The maximum Gasteiger partial charge on any atom is 0.573 e. The lowest BCUT2D eigenvalue weighted by Gasteiger charge is -2.36. The number of nitrogens with zero attached hydrogens (tertiary/aromatic N) is 1. The Kier molecular flexibility index (Phi) is 6.84. The number of urea groups is 1. The molecule has 0 aromatic heterocycles. The maximum atomic E-state index is 12.9. The van der Waals surface area contributed by atoms with Crippen molar-refractivity contribution in [2.75, 3.05) is 11.9 Å². The Morgan fingerprint density at radius 1 is 1.24 bits per heavy atom. The average molecular weight is 471 g/mol. The van der Waals surface area contributed by atoms with Gasteiger partial charge in [-0.1, -0.05) is 19.8 Å². The second-order valence-electron chi connectivity index (χ2n) is 8.13. The number of carbonyl (C=O) groups excluding carboxylic acids is 4. The van der Waals surface area contributed by atoms with Gasteiger partial charge < -0.3 is 20.1 Å². The van der Waals surface area contributed by atoms with Crippen molar-refractivity contribution < 1.29 is 41.8 Å². The fraction of sp³-hybridized carbons (Fsp3) is 0.524. The number of ether oxygens (including phenoxy) is 2. The zero-order valence-electron chi connectivity index (χ0n) is 18.0. The molecule has 2 fully saturated rings. The first-order valence-corrected chi connectivity index (χ1v) is 10.4. The van der Waals surface area contributed by atoms with Gasteiger partial charge in [-0.15, -0.1) is 13.2 Å². The van der Waals surface area contributed by atoms with Gasteiger partial charge in [-0.2, -0.15) is 0 Å². The van der Waals surface area contributed by atoms with Crippen molar-refractivity contribution in [2.24, 2.45) is 5.92 Å². The summed E-state index contributed by atoms with van der Waals surface area (Å²) in [5, 5.41) is 5.11. The first-order chi connectivity index (χ1) is 15.4. The number of alkyl halides is 3. The monoisotopic (exact) mass is 471 g/mol. The van der Waals surface area contributed by atoms with Crippen molar-refractivity contribution in [1.82, 2.24) is 10.2 Å². The number of hydrogen-bond donors (Lipinski definition) is 2. The molecule has 33 heavy (non-hydrogen) atoms. The zero-order valence-corrected chi connectivity index (χ0v) is 18.0. The zero-order chi connectivity index (χ0) is 24.4. The number of hydrogen-bond acceptors (Lipinski definition) is 6. The van der Waals surface area contributed by atoms with Gasteiger partial charge in [0.2, 0.25) is 0 Å². The minimum Gasteiger partial charge on any atom is -0.451 e. The third kappa shape index (κ3) is 5.55. The molecule has 9 nitrogen and oxygen atoms in total. The second kappa shape index (κ2) is 9.28. The van der Waals surface area contributed by atoms with E-state index in [9.17, 15) is 32.3 Å². The van der Waals surface area contributed by atoms with Crippen LogP contribution in [0.1, 0.15) is 39.5 Å². The van der Waals surface area contributed by atoms with Gasteiger partial charge in [-0.05, 0) is 49.9 Å². The first-order valence-electron chi connectivity index (χ1n) is 10.4.